The van der Waals surface area contributed by atoms with Crippen LogP contribution in [0.1, 0.15) is 11.1 Å². The molecule has 0 atom stereocenters. The molecule has 2 heterocycles. The first-order valence-corrected chi connectivity index (χ1v) is 7.10. The van der Waals surface area contributed by atoms with Gasteiger partial charge in [0.15, 0.2) is 0 Å². The number of aryl methyl sites for hydroxylation is 2. The van der Waals surface area contributed by atoms with Gasteiger partial charge in [0, 0.05) is 10.9 Å². The number of rotatable bonds is 1. The van der Waals surface area contributed by atoms with Gasteiger partial charge in [-0.1, -0.05) is 23.8 Å². The molecule has 0 bridgehead atoms. The number of hydrogen-bond acceptors (Lipinski definition) is 4. The zero-order valence-corrected chi connectivity index (χ0v) is 12.1. The van der Waals surface area contributed by atoms with Crippen LogP contribution in [0.25, 0.3) is 21.3 Å². The molecule has 96 valence electrons. The lowest BCUT2D eigenvalue weighted by molar-refractivity contribution is 1.24. The van der Waals surface area contributed by atoms with Crippen molar-refractivity contribution in [1.82, 2.24) is 9.97 Å². The number of halogens is 1. The van der Waals surface area contributed by atoms with E-state index in [9.17, 15) is 0 Å². The van der Waals surface area contributed by atoms with Gasteiger partial charge in [-0.3, -0.25) is 0 Å². The van der Waals surface area contributed by atoms with Crippen molar-refractivity contribution in [3.05, 3.63) is 40.0 Å². The summed E-state index contributed by atoms with van der Waals surface area (Å²) in [5, 5.41) is 3.14. The topological polar surface area (TPSA) is 51.8 Å². The highest BCUT2D eigenvalue weighted by Gasteiger charge is 2.14. The average molecular weight is 290 g/mol. The van der Waals surface area contributed by atoms with E-state index in [-0.39, 0.29) is 5.28 Å². The second kappa shape index (κ2) is 4.47. The van der Waals surface area contributed by atoms with E-state index in [2.05, 4.69) is 47.4 Å². The maximum absolute atomic E-state index is 5.99. The van der Waals surface area contributed by atoms with Crippen LogP contribution in [0, 0.1) is 13.8 Å². The normalized spacial score (nSPS) is 11.1. The molecule has 0 saturated heterocycles. The highest BCUT2D eigenvalue weighted by Crippen LogP contribution is 2.37. The lowest BCUT2D eigenvalue weighted by Crippen LogP contribution is -1.94. The van der Waals surface area contributed by atoms with E-state index < -0.39 is 0 Å². The Morgan fingerprint density at radius 2 is 1.95 bits per heavy atom. The predicted molar refractivity (Wildman–Crippen MR) is 81.7 cm³/mol. The molecule has 1 aromatic carbocycles. The molecule has 0 spiro atoms. The molecule has 0 unspecified atom stereocenters. The Kier molecular flexibility index (Phi) is 2.92. The maximum Gasteiger partial charge on any atom is 0.225 e. The summed E-state index contributed by atoms with van der Waals surface area (Å²) >= 11 is 7.37. The summed E-state index contributed by atoms with van der Waals surface area (Å²) in [6.07, 6.45) is 0. The van der Waals surface area contributed by atoms with E-state index in [1.54, 1.807) is 0 Å². The number of nitrogens with two attached hydrogens (primary N) is 1. The van der Waals surface area contributed by atoms with Gasteiger partial charge in [-0.25, -0.2) is 9.97 Å². The number of thiophene rings is 1. The minimum absolute atomic E-state index is 0.194. The van der Waals surface area contributed by atoms with Crippen LogP contribution in [-0.2, 0) is 0 Å². The number of nitrogens with zero attached hydrogens (tertiary/aromatic N) is 2. The highest BCUT2D eigenvalue weighted by molar-refractivity contribution is 7.17. The lowest BCUT2D eigenvalue weighted by atomic mass is 9.99. The maximum atomic E-state index is 5.99. The van der Waals surface area contributed by atoms with E-state index in [0.717, 1.165) is 21.3 Å². The minimum atomic E-state index is 0.194. The zero-order valence-electron chi connectivity index (χ0n) is 10.6. The van der Waals surface area contributed by atoms with Crippen molar-refractivity contribution in [3.63, 3.8) is 0 Å². The van der Waals surface area contributed by atoms with Gasteiger partial charge in [-0.2, -0.15) is 0 Å². The Morgan fingerprint density at radius 1 is 1.16 bits per heavy atom. The van der Waals surface area contributed by atoms with E-state index in [1.165, 1.54) is 22.5 Å². The van der Waals surface area contributed by atoms with Crippen LogP contribution in [0.3, 0.4) is 0 Å². The standard InChI is InChI=1S/C14H12ClN3S/c1-7-3-4-9(8(2)5-7)10-6-19-13-11(10)12(16)17-14(15)18-13/h3-6H,1-2H3,(H2,16,17,18). The number of aromatic nitrogens is 2. The van der Waals surface area contributed by atoms with Crippen LogP contribution in [0.4, 0.5) is 5.82 Å². The lowest BCUT2D eigenvalue weighted by Gasteiger charge is -2.07. The molecule has 0 amide bonds. The summed E-state index contributed by atoms with van der Waals surface area (Å²) in [4.78, 5) is 9.10. The van der Waals surface area contributed by atoms with E-state index in [0.29, 0.717) is 5.82 Å². The van der Waals surface area contributed by atoms with Gasteiger partial charge in [0.25, 0.3) is 0 Å². The number of anilines is 1. The Morgan fingerprint density at radius 3 is 2.68 bits per heavy atom. The molecule has 0 aliphatic rings. The first kappa shape index (κ1) is 12.4. The first-order chi connectivity index (χ1) is 9.06. The van der Waals surface area contributed by atoms with Gasteiger partial charge in [0.2, 0.25) is 5.28 Å². The van der Waals surface area contributed by atoms with Crippen LogP contribution in [0.5, 0.6) is 0 Å². The second-order valence-electron chi connectivity index (χ2n) is 4.53. The molecule has 5 heteroatoms. The van der Waals surface area contributed by atoms with Gasteiger partial charge >= 0.3 is 0 Å². The smallest absolute Gasteiger partial charge is 0.225 e. The number of fused-ring (bicyclic) bond motifs is 1. The van der Waals surface area contributed by atoms with Gasteiger partial charge in [-0.05, 0) is 36.6 Å². The fourth-order valence-electron chi connectivity index (χ4n) is 2.26. The van der Waals surface area contributed by atoms with Crippen molar-refractivity contribution < 1.29 is 0 Å². The summed E-state index contributed by atoms with van der Waals surface area (Å²) in [5.74, 6) is 0.436. The fourth-order valence-corrected chi connectivity index (χ4v) is 3.43. The molecule has 3 aromatic rings. The zero-order chi connectivity index (χ0) is 13.6. The third-order valence-electron chi connectivity index (χ3n) is 3.11. The molecular weight excluding hydrogens is 278 g/mol. The van der Waals surface area contributed by atoms with Crippen molar-refractivity contribution in [2.24, 2.45) is 0 Å². The molecule has 0 aliphatic carbocycles. The summed E-state index contributed by atoms with van der Waals surface area (Å²) < 4.78 is 0. The second-order valence-corrected chi connectivity index (χ2v) is 5.72. The van der Waals surface area contributed by atoms with E-state index in [1.807, 2.05) is 0 Å². The van der Waals surface area contributed by atoms with Crippen LogP contribution >= 0.6 is 22.9 Å². The van der Waals surface area contributed by atoms with Crippen LogP contribution in [0.2, 0.25) is 5.28 Å². The average Bonchev–Trinajstić information content (AvgIpc) is 2.72. The molecule has 0 aliphatic heterocycles. The van der Waals surface area contributed by atoms with Gasteiger partial charge in [0.05, 0.1) is 5.39 Å². The fraction of sp³-hybridized carbons (Fsp3) is 0.143. The third kappa shape index (κ3) is 2.07. The summed E-state index contributed by atoms with van der Waals surface area (Å²) in [5.41, 5.74) is 10.7. The Bertz CT molecular complexity index is 780. The van der Waals surface area contributed by atoms with Crippen LogP contribution < -0.4 is 5.73 Å². The number of hydrogen-bond donors (Lipinski definition) is 1. The van der Waals surface area contributed by atoms with Gasteiger partial charge in [-0.15, -0.1) is 11.3 Å². The molecular formula is C14H12ClN3S. The molecule has 0 fully saturated rings. The van der Waals surface area contributed by atoms with E-state index >= 15 is 0 Å². The van der Waals surface area contributed by atoms with Crippen LogP contribution in [0.15, 0.2) is 23.6 Å². The van der Waals surface area contributed by atoms with Crippen molar-refractivity contribution in [1.29, 1.82) is 0 Å². The number of benzene rings is 1. The highest BCUT2D eigenvalue weighted by atomic mass is 35.5. The van der Waals surface area contributed by atoms with Crippen molar-refractivity contribution in [2.75, 3.05) is 5.73 Å². The molecule has 2 aromatic heterocycles. The monoisotopic (exact) mass is 289 g/mol. The summed E-state index contributed by atoms with van der Waals surface area (Å²) in [7, 11) is 0. The van der Waals surface area contributed by atoms with Crippen molar-refractivity contribution >= 4 is 39.0 Å². The minimum Gasteiger partial charge on any atom is -0.383 e. The molecule has 2 N–H and O–H groups in total. The predicted octanol–water partition coefficient (Wildman–Crippen LogP) is 4.21. The van der Waals surface area contributed by atoms with Crippen molar-refractivity contribution in [2.45, 2.75) is 13.8 Å². The molecule has 19 heavy (non-hydrogen) atoms. The Balaban J connectivity index is 2.31. The Hall–Kier alpha value is -1.65. The molecule has 0 radical (unpaired) electrons. The van der Waals surface area contributed by atoms with Crippen molar-refractivity contribution in [3.8, 4) is 11.1 Å². The third-order valence-corrected chi connectivity index (χ3v) is 4.15. The number of nitrogen functional groups attached to an aromatic ring is 1. The largest absolute Gasteiger partial charge is 0.383 e. The van der Waals surface area contributed by atoms with Crippen LogP contribution in [-0.4, -0.2) is 9.97 Å². The summed E-state index contributed by atoms with van der Waals surface area (Å²) in [6, 6.07) is 6.37. The quantitative estimate of drug-likeness (QED) is 0.683. The SMILES string of the molecule is Cc1ccc(-c2csc3nc(Cl)nc(N)c23)c(C)c1. The molecule has 3 rings (SSSR count). The summed E-state index contributed by atoms with van der Waals surface area (Å²) in [6.45, 7) is 4.18. The Labute approximate surface area is 120 Å². The molecule has 0 saturated carbocycles. The van der Waals surface area contributed by atoms with Gasteiger partial charge in [0.1, 0.15) is 10.6 Å². The molecule has 3 nitrogen and oxygen atoms in total. The van der Waals surface area contributed by atoms with Gasteiger partial charge < -0.3 is 5.73 Å². The first-order valence-electron chi connectivity index (χ1n) is 5.84. The van der Waals surface area contributed by atoms with E-state index in [4.69, 9.17) is 17.3 Å².